The molecule has 1 aliphatic rings. The number of esters is 1. The molecule has 1 aliphatic heterocycles. The standard InChI is InChI=1S/C8H10N2O4/c1-4(2)6-7(11)14-5(10-6)3-9-8(12)13/h9H,3H2,1-2H3,(H,12,13). The fraction of sp³-hybridized carbons (Fsp3) is 0.375. The lowest BCUT2D eigenvalue weighted by atomic mass is 10.3. The molecule has 6 heteroatoms. The van der Waals surface area contributed by atoms with Crippen LogP contribution in [0, 0.1) is 0 Å². The van der Waals surface area contributed by atoms with Crippen molar-refractivity contribution in [2.75, 3.05) is 6.54 Å². The second-order valence-electron chi connectivity index (χ2n) is 2.90. The van der Waals surface area contributed by atoms with Gasteiger partial charge in [0.1, 0.15) is 0 Å². The number of nitrogens with one attached hydrogen (secondary N) is 1. The van der Waals surface area contributed by atoms with Gasteiger partial charge in [0.25, 0.3) is 0 Å². The number of amides is 1. The lowest BCUT2D eigenvalue weighted by Gasteiger charge is -1.97. The van der Waals surface area contributed by atoms with Crippen molar-refractivity contribution in [3.63, 3.8) is 0 Å². The molecule has 0 atom stereocenters. The van der Waals surface area contributed by atoms with E-state index in [9.17, 15) is 9.59 Å². The molecule has 0 aliphatic carbocycles. The molecule has 0 spiro atoms. The number of hydrogen-bond acceptors (Lipinski definition) is 4. The second kappa shape index (κ2) is 3.91. The van der Waals surface area contributed by atoms with Gasteiger partial charge in [-0.15, -0.1) is 0 Å². The van der Waals surface area contributed by atoms with E-state index < -0.39 is 12.1 Å². The first-order valence-electron chi connectivity index (χ1n) is 3.94. The van der Waals surface area contributed by atoms with E-state index in [2.05, 4.69) is 10.3 Å². The molecule has 0 aromatic heterocycles. The number of carbonyl (C=O) groups is 2. The van der Waals surface area contributed by atoms with Gasteiger partial charge in [0.05, 0.1) is 6.54 Å². The Morgan fingerprint density at radius 3 is 2.64 bits per heavy atom. The Kier molecular flexibility index (Phi) is 2.85. The topological polar surface area (TPSA) is 88.0 Å². The molecule has 0 saturated carbocycles. The third-order valence-corrected chi connectivity index (χ3v) is 1.50. The minimum absolute atomic E-state index is 0.0774. The average Bonchev–Trinajstić information content (AvgIpc) is 2.43. The summed E-state index contributed by atoms with van der Waals surface area (Å²) in [6.45, 7) is 3.36. The predicted octanol–water partition coefficient (Wildman–Crippen LogP) is 0.503. The first kappa shape index (κ1) is 10.2. The van der Waals surface area contributed by atoms with Crippen LogP contribution in [0.2, 0.25) is 0 Å². The fourth-order valence-electron chi connectivity index (χ4n) is 0.891. The van der Waals surface area contributed by atoms with Crippen molar-refractivity contribution >= 4 is 18.0 Å². The van der Waals surface area contributed by atoms with Crippen LogP contribution in [-0.2, 0) is 9.53 Å². The second-order valence-corrected chi connectivity index (χ2v) is 2.90. The quantitative estimate of drug-likeness (QED) is 0.499. The summed E-state index contributed by atoms with van der Waals surface area (Å²) in [6.07, 6.45) is -1.19. The zero-order valence-corrected chi connectivity index (χ0v) is 7.83. The van der Waals surface area contributed by atoms with Crippen LogP contribution >= 0.6 is 0 Å². The summed E-state index contributed by atoms with van der Waals surface area (Å²) in [5.74, 6) is -0.458. The summed E-state index contributed by atoms with van der Waals surface area (Å²) in [4.78, 5) is 25.1. The van der Waals surface area contributed by atoms with Gasteiger partial charge >= 0.3 is 12.1 Å². The Hall–Kier alpha value is -1.85. The Bertz CT molecular complexity index is 339. The minimum Gasteiger partial charge on any atom is -0.465 e. The molecular weight excluding hydrogens is 188 g/mol. The third-order valence-electron chi connectivity index (χ3n) is 1.50. The van der Waals surface area contributed by atoms with Crippen molar-refractivity contribution < 1.29 is 19.4 Å². The number of allylic oxidation sites excluding steroid dienone is 1. The number of hydrogen-bond donors (Lipinski definition) is 2. The van der Waals surface area contributed by atoms with Crippen LogP contribution in [0.5, 0.6) is 0 Å². The van der Waals surface area contributed by atoms with E-state index >= 15 is 0 Å². The SMILES string of the molecule is CC(C)=C1N=C(CNC(=O)O)OC1=O. The fourth-order valence-corrected chi connectivity index (χ4v) is 0.891. The Balaban J connectivity index is 2.67. The van der Waals surface area contributed by atoms with Crippen molar-refractivity contribution in [1.82, 2.24) is 5.32 Å². The van der Waals surface area contributed by atoms with Gasteiger partial charge < -0.3 is 15.2 Å². The number of ether oxygens (including phenoxy) is 1. The van der Waals surface area contributed by atoms with Gasteiger partial charge in [-0.05, 0) is 19.4 Å². The van der Waals surface area contributed by atoms with Crippen molar-refractivity contribution in [3.05, 3.63) is 11.3 Å². The van der Waals surface area contributed by atoms with E-state index in [4.69, 9.17) is 9.84 Å². The lowest BCUT2D eigenvalue weighted by Crippen LogP contribution is -2.28. The normalized spacial score (nSPS) is 14.9. The van der Waals surface area contributed by atoms with Gasteiger partial charge in [0.2, 0.25) is 5.90 Å². The van der Waals surface area contributed by atoms with Crippen molar-refractivity contribution in [3.8, 4) is 0 Å². The molecule has 0 unspecified atom stereocenters. The Labute approximate surface area is 80.3 Å². The number of carboxylic acid groups (broad SMARTS) is 1. The van der Waals surface area contributed by atoms with Crippen LogP contribution in [0.1, 0.15) is 13.8 Å². The van der Waals surface area contributed by atoms with Crippen LogP contribution in [0.25, 0.3) is 0 Å². The summed E-state index contributed by atoms with van der Waals surface area (Å²) in [5, 5.41) is 10.3. The largest absolute Gasteiger partial charge is 0.465 e. The highest BCUT2D eigenvalue weighted by molar-refractivity contribution is 6.05. The Morgan fingerprint density at radius 2 is 2.21 bits per heavy atom. The summed E-state index contributed by atoms with van der Waals surface area (Å²) in [7, 11) is 0. The maximum atomic E-state index is 11.1. The molecule has 0 aromatic carbocycles. The summed E-state index contributed by atoms with van der Waals surface area (Å²) < 4.78 is 4.71. The maximum absolute atomic E-state index is 11.1. The summed E-state index contributed by atoms with van der Waals surface area (Å²) >= 11 is 0. The highest BCUT2D eigenvalue weighted by Crippen LogP contribution is 2.14. The van der Waals surface area contributed by atoms with Gasteiger partial charge in [0, 0.05) is 0 Å². The smallest absolute Gasteiger partial charge is 0.405 e. The highest BCUT2D eigenvalue weighted by Gasteiger charge is 2.23. The number of rotatable bonds is 2. The molecule has 0 fully saturated rings. The highest BCUT2D eigenvalue weighted by atomic mass is 16.6. The molecule has 0 radical (unpaired) electrons. The van der Waals surface area contributed by atoms with Gasteiger partial charge in [-0.2, -0.15) is 0 Å². The van der Waals surface area contributed by atoms with E-state index in [1.54, 1.807) is 13.8 Å². The van der Waals surface area contributed by atoms with Crippen molar-refractivity contribution in [2.24, 2.45) is 4.99 Å². The van der Waals surface area contributed by atoms with Gasteiger partial charge in [0.15, 0.2) is 5.70 Å². The van der Waals surface area contributed by atoms with E-state index in [1.807, 2.05) is 0 Å². The molecule has 76 valence electrons. The number of cyclic esters (lactones) is 1. The van der Waals surface area contributed by atoms with Gasteiger partial charge in [-0.3, -0.25) is 0 Å². The monoisotopic (exact) mass is 198 g/mol. The van der Waals surface area contributed by atoms with Crippen LogP contribution in [-0.4, -0.2) is 29.6 Å². The number of nitrogens with zero attached hydrogens (tertiary/aromatic N) is 1. The molecular formula is C8H10N2O4. The summed E-state index contributed by atoms with van der Waals surface area (Å²) in [6, 6.07) is 0. The molecule has 1 amide bonds. The van der Waals surface area contributed by atoms with Crippen LogP contribution in [0.15, 0.2) is 16.3 Å². The molecule has 1 heterocycles. The molecule has 1 rings (SSSR count). The van der Waals surface area contributed by atoms with Gasteiger partial charge in [-0.1, -0.05) is 0 Å². The van der Waals surface area contributed by atoms with Crippen LogP contribution in [0.3, 0.4) is 0 Å². The first-order valence-corrected chi connectivity index (χ1v) is 3.94. The van der Waals surface area contributed by atoms with Crippen molar-refractivity contribution in [1.29, 1.82) is 0 Å². The predicted molar refractivity (Wildman–Crippen MR) is 47.9 cm³/mol. The van der Waals surface area contributed by atoms with E-state index in [1.165, 1.54) is 0 Å². The molecule has 0 bridgehead atoms. The zero-order chi connectivity index (χ0) is 10.7. The molecule has 14 heavy (non-hydrogen) atoms. The van der Waals surface area contributed by atoms with E-state index in [-0.39, 0.29) is 18.1 Å². The maximum Gasteiger partial charge on any atom is 0.405 e. The first-order chi connectivity index (χ1) is 6.50. The summed E-state index contributed by atoms with van der Waals surface area (Å²) in [5.41, 5.74) is 0.979. The molecule has 6 nitrogen and oxygen atoms in total. The minimum atomic E-state index is -1.19. The zero-order valence-electron chi connectivity index (χ0n) is 7.83. The molecule has 0 saturated heterocycles. The molecule has 0 aromatic rings. The van der Waals surface area contributed by atoms with E-state index in [0.717, 1.165) is 5.57 Å². The van der Waals surface area contributed by atoms with Crippen LogP contribution < -0.4 is 5.32 Å². The molecule has 2 N–H and O–H groups in total. The van der Waals surface area contributed by atoms with Crippen molar-refractivity contribution in [2.45, 2.75) is 13.8 Å². The lowest BCUT2D eigenvalue weighted by molar-refractivity contribution is -0.130. The van der Waals surface area contributed by atoms with Crippen LogP contribution in [0.4, 0.5) is 4.79 Å². The third kappa shape index (κ3) is 2.32. The number of aliphatic imine (C=N–C) groups is 1. The van der Waals surface area contributed by atoms with E-state index in [0.29, 0.717) is 0 Å². The Morgan fingerprint density at radius 1 is 1.57 bits per heavy atom. The average molecular weight is 198 g/mol. The van der Waals surface area contributed by atoms with Gasteiger partial charge in [-0.25, -0.2) is 14.6 Å². The number of carbonyl (C=O) groups excluding carboxylic acids is 1.